The molecule has 3 N–H and O–H groups in total. The third kappa shape index (κ3) is 1.61. The number of rotatable bonds is 1. The molecule has 0 bridgehead atoms. The molecule has 1 aliphatic heterocycles. The average molecular weight is 208 g/mol. The number of hydrogen-bond acceptors (Lipinski definition) is 2. The minimum atomic E-state index is -0.299. The highest BCUT2D eigenvalue weighted by atomic mass is 19.1. The van der Waals surface area contributed by atoms with Gasteiger partial charge in [0.2, 0.25) is 5.91 Å². The highest BCUT2D eigenvalue weighted by Gasteiger charge is 2.25. The van der Waals surface area contributed by atoms with Crippen molar-refractivity contribution < 1.29 is 9.18 Å². The molecule has 0 aromatic heterocycles. The zero-order valence-corrected chi connectivity index (χ0v) is 8.51. The zero-order valence-electron chi connectivity index (χ0n) is 8.51. The Hall–Kier alpha value is -1.42. The van der Waals surface area contributed by atoms with Crippen LogP contribution in [0.1, 0.15) is 23.5 Å². The number of nitrogens with one attached hydrogen (secondary N) is 1. The molecule has 80 valence electrons. The van der Waals surface area contributed by atoms with Gasteiger partial charge in [0.25, 0.3) is 0 Å². The molecule has 0 spiro atoms. The number of nitrogens with two attached hydrogens (primary N) is 1. The standard InChI is InChI=1S/C11H13FN2O/c1-6-9(12)3-2-8-7(5-13)4-10(15)14-11(6)8/h2-3,7H,4-5,13H2,1H3,(H,14,15). The Morgan fingerprint density at radius 3 is 3.00 bits per heavy atom. The predicted octanol–water partition coefficient (Wildman–Crippen LogP) is 1.52. The van der Waals surface area contributed by atoms with Crippen LogP contribution >= 0.6 is 0 Å². The lowest BCUT2D eigenvalue weighted by atomic mass is 9.89. The van der Waals surface area contributed by atoms with Gasteiger partial charge in [0, 0.05) is 17.9 Å². The van der Waals surface area contributed by atoms with Crippen LogP contribution in [0.5, 0.6) is 0 Å². The fraction of sp³-hybridized carbons (Fsp3) is 0.364. The van der Waals surface area contributed by atoms with E-state index >= 15 is 0 Å². The van der Waals surface area contributed by atoms with E-state index in [2.05, 4.69) is 5.32 Å². The molecule has 3 nitrogen and oxygen atoms in total. The Morgan fingerprint density at radius 2 is 2.33 bits per heavy atom. The maximum atomic E-state index is 13.3. The fourth-order valence-corrected chi connectivity index (χ4v) is 1.95. The smallest absolute Gasteiger partial charge is 0.225 e. The van der Waals surface area contributed by atoms with Gasteiger partial charge >= 0.3 is 0 Å². The first kappa shape index (κ1) is 10.1. The van der Waals surface area contributed by atoms with Gasteiger partial charge in [-0.25, -0.2) is 4.39 Å². The number of fused-ring (bicyclic) bond motifs is 1. The molecule has 1 aromatic carbocycles. The van der Waals surface area contributed by atoms with Gasteiger partial charge < -0.3 is 11.1 Å². The normalized spacial score (nSPS) is 19.7. The molecule has 0 radical (unpaired) electrons. The van der Waals surface area contributed by atoms with E-state index in [1.807, 2.05) is 0 Å². The predicted molar refractivity (Wildman–Crippen MR) is 56.2 cm³/mol. The number of anilines is 1. The van der Waals surface area contributed by atoms with Gasteiger partial charge in [0.15, 0.2) is 0 Å². The molecule has 4 heteroatoms. The summed E-state index contributed by atoms with van der Waals surface area (Å²) in [6.07, 6.45) is 0.384. The van der Waals surface area contributed by atoms with E-state index in [0.29, 0.717) is 24.2 Å². The average Bonchev–Trinajstić information content (AvgIpc) is 2.23. The number of carbonyl (C=O) groups is 1. The first-order chi connectivity index (χ1) is 7.13. The minimum Gasteiger partial charge on any atom is -0.330 e. The third-order valence-electron chi connectivity index (χ3n) is 2.85. The molecule has 0 saturated carbocycles. The Balaban J connectivity index is 2.55. The molecule has 1 aromatic rings. The van der Waals surface area contributed by atoms with Crippen LogP contribution in [0.25, 0.3) is 0 Å². The lowest BCUT2D eigenvalue weighted by Crippen LogP contribution is -2.27. The van der Waals surface area contributed by atoms with Crippen molar-refractivity contribution in [3.05, 3.63) is 29.1 Å². The van der Waals surface area contributed by atoms with Gasteiger partial charge in [-0.2, -0.15) is 0 Å². The molecule has 0 saturated heterocycles. The molecule has 0 fully saturated rings. The van der Waals surface area contributed by atoms with Crippen molar-refractivity contribution in [2.75, 3.05) is 11.9 Å². The maximum absolute atomic E-state index is 13.3. The van der Waals surface area contributed by atoms with Crippen LogP contribution < -0.4 is 11.1 Å². The van der Waals surface area contributed by atoms with Crippen LogP contribution in [0, 0.1) is 12.7 Å². The molecule has 1 amide bonds. The summed E-state index contributed by atoms with van der Waals surface area (Å²) in [5.74, 6) is -0.383. The summed E-state index contributed by atoms with van der Waals surface area (Å²) in [7, 11) is 0. The van der Waals surface area contributed by atoms with Crippen LogP contribution in [0.3, 0.4) is 0 Å². The van der Waals surface area contributed by atoms with Gasteiger partial charge in [-0.15, -0.1) is 0 Å². The topological polar surface area (TPSA) is 55.1 Å². The highest BCUT2D eigenvalue weighted by molar-refractivity contribution is 5.95. The van der Waals surface area contributed by atoms with E-state index in [1.165, 1.54) is 6.07 Å². The van der Waals surface area contributed by atoms with Gasteiger partial charge in [-0.05, 0) is 25.1 Å². The number of carbonyl (C=O) groups excluding carboxylic acids is 1. The summed E-state index contributed by atoms with van der Waals surface area (Å²) in [6, 6.07) is 3.13. The molecule has 15 heavy (non-hydrogen) atoms. The highest BCUT2D eigenvalue weighted by Crippen LogP contribution is 2.34. The SMILES string of the molecule is Cc1c(F)ccc2c1NC(=O)CC2CN. The van der Waals surface area contributed by atoms with Crippen molar-refractivity contribution in [1.82, 2.24) is 0 Å². The Labute approximate surface area is 87.5 Å². The lowest BCUT2D eigenvalue weighted by Gasteiger charge is -2.26. The van der Waals surface area contributed by atoms with Crippen molar-refractivity contribution in [3.63, 3.8) is 0 Å². The molecular weight excluding hydrogens is 195 g/mol. The van der Waals surface area contributed by atoms with E-state index in [-0.39, 0.29) is 17.6 Å². The van der Waals surface area contributed by atoms with Crippen LogP contribution in [-0.4, -0.2) is 12.5 Å². The number of hydrogen-bond donors (Lipinski definition) is 2. The van der Waals surface area contributed by atoms with Gasteiger partial charge in [0.1, 0.15) is 5.82 Å². The summed E-state index contributed by atoms with van der Waals surface area (Å²) in [6.45, 7) is 2.07. The van der Waals surface area contributed by atoms with E-state index in [0.717, 1.165) is 5.56 Å². The summed E-state index contributed by atoms with van der Waals surface area (Å²) < 4.78 is 13.3. The quantitative estimate of drug-likeness (QED) is 0.735. The summed E-state index contributed by atoms with van der Waals surface area (Å²) in [4.78, 5) is 11.4. The largest absolute Gasteiger partial charge is 0.330 e. The van der Waals surface area contributed by atoms with Crippen LogP contribution in [0.15, 0.2) is 12.1 Å². The Kier molecular flexibility index (Phi) is 2.44. The molecule has 1 aliphatic rings. The number of amides is 1. The third-order valence-corrected chi connectivity index (χ3v) is 2.85. The molecule has 2 rings (SSSR count). The van der Waals surface area contributed by atoms with Crippen molar-refractivity contribution in [1.29, 1.82) is 0 Å². The van der Waals surface area contributed by atoms with E-state index in [1.54, 1.807) is 13.0 Å². The van der Waals surface area contributed by atoms with Gasteiger partial charge in [-0.3, -0.25) is 4.79 Å². The molecular formula is C11H13FN2O. The first-order valence-electron chi connectivity index (χ1n) is 4.92. The lowest BCUT2D eigenvalue weighted by molar-refractivity contribution is -0.116. The van der Waals surface area contributed by atoms with Crippen molar-refractivity contribution >= 4 is 11.6 Å². The maximum Gasteiger partial charge on any atom is 0.225 e. The van der Waals surface area contributed by atoms with Gasteiger partial charge in [-0.1, -0.05) is 6.07 Å². The second-order valence-corrected chi connectivity index (χ2v) is 3.82. The van der Waals surface area contributed by atoms with Crippen LogP contribution in [0.2, 0.25) is 0 Å². The first-order valence-corrected chi connectivity index (χ1v) is 4.92. The Bertz CT molecular complexity index is 417. The second kappa shape index (κ2) is 3.62. The molecule has 0 aliphatic carbocycles. The van der Waals surface area contributed by atoms with E-state index in [4.69, 9.17) is 5.73 Å². The van der Waals surface area contributed by atoms with E-state index in [9.17, 15) is 9.18 Å². The Morgan fingerprint density at radius 1 is 1.60 bits per heavy atom. The van der Waals surface area contributed by atoms with Crippen LogP contribution in [-0.2, 0) is 4.79 Å². The van der Waals surface area contributed by atoms with Gasteiger partial charge in [0.05, 0.1) is 5.69 Å². The monoisotopic (exact) mass is 208 g/mol. The molecule has 1 heterocycles. The fourth-order valence-electron chi connectivity index (χ4n) is 1.95. The van der Waals surface area contributed by atoms with Crippen molar-refractivity contribution in [2.45, 2.75) is 19.3 Å². The number of halogens is 1. The van der Waals surface area contributed by atoms with E-state index < -0.39 is 0 Å². The summed E-state index contributed by atoms with van der Waals surface area (Å²) in [5, 5.41) is 2.70. The second-order valence-electron chi connectivity index (χ2n) is 3.82. The summed E-state index contributed by atoms with van der Waals surface area (Å²) >= 11 is 0. The van der Waals surface area contributed by atoms with Crippen LogP contribution in [0.4, 0.5) is 10.1 Å². The summed E-state index contributed by atoms with van der Waals surface area (Å²) in [5.41, 5.74) is 7.62. The number of benzene rings is 1. The molecule has 1 unspecified atom stereocenters. The minimum absolute atomic E-state index is 0.00745. The van der Waals surface area contributed by atoms with Crippen molar-refractivity contribution in [2.24, 2.45) is 5.73 Å². The molecule has 1 atom stereocenters. The zero-order chi connectivity index (χ0) is 11.0. The van der Waals surface area contributed by atoms with Crippen molar-refractivity contribution in [3.8, 4) is 0 Å².